The van der Waals surface area contributed by atoms with E-state index < -0.39 is 5.97 Å². The van der Waals surface area contributed by atoms with Crippen LogP contribution in [-0.4, -0.2) is 29.1 Å². The molecule has 0 aromatic carbocycles. The summed E-state index contributed by atoms with van der Waals surface area (Å²) in [6, 6.07) is 5.42. The Kier molecular flexibility index (Phi) is 3.47. The molecule has 1 fully saturated rings. The van der Waals surface area contributed by atoms with E-state index in [1.54, 1.807) is 24.0 Å². The van der Waals surface area contributed by atoms with Crippen LogP contribution in [0.2, 0.25) is 0 Å². The Morgan fingerprint density at radius 2 is 2.33 bits per heavy atom. The van der Waals surface area contributed by atoms with Crippen molar-refractivity contribution in [3.05, 3.63) is 23.4 Å². The van der Waals surface area contributed by atoms with E-state index in [2.05, 4.69) is 11.1 Å². The first-order valence-corrected chi connectivity index (χ1v) is 5.94. The summed E-state index contributed by atoms with van der Waals surface area (Å²) in [5.74, 6) is 0.274. The molecule has 5 nitrogen and oxygen atoms in total. The van der Waals surface area contributed by atoms with Gasteiger partial charge in [0.15, 0.2) is 0 Å². The molecule has 1 aliphatic rings. The lowest BCUT2D eigenvalue weighted by atomic mass is 10.2. The second-order valence-corrected chi connectivity index (χ2v) is 4.68. The molecule has 1 aliphatic carbocycles. The monoisotopic (exact) mass is 245 g/mol. The highest BCUT2D eigenvalue weighted by Gasteiger charge is 2.26. The van der Waals surface area contributed by atoms with Gasteiger partial charge in [-0.15, -0.1) is 0 Å². The number of aryl methyl sites for hydroxylation is 1. The molecule has 0 saturated heterocycles. The molecular weight excluding hydrogens is 230 g/mol. The average molecular weight is 245 g/mol. The number of rotatable bonds is 5. The number of nitriles is 1. The lowest BCUT2D eigenvalue weighted by Gasteiger charge is -2.22. The zero-order chi connectivity index (χ0) is 13.1. The highest BCUT2D eigenvalue weighted by molar-refractivity contribution is 5.73. The van der Waals surface area contributed by atoms with E-state index in [-0.39, 0.29) is 6.54 Å². The highest BCUT2D eigenvalue weighted by Crippen LogP contribution is 2.31. The van der Waals surface area contributed by atoms with Crippen molar-refractivity contribution < 1.29 is 9.90 Å². The third-order valence-corrected chi connectivity index (χ3v) is 2.89. The van der Waals surface area contributed by atoms with Crippen LogP contribution in [0.25, 0.3) is 0 Å². The second kappa shape index (κ2) is 5.05. The molecule has 1 aromatic heterocycles. The zero-order valence-electron chi connectivity index (χ0n) is 10.3. The Bertz CT molecular complexity index is 503. The number of aromatic nitrogens is 1. The molecule has 0 atom stereocenters. The van der Waals surface area contributed by atoms with Crippen LogP contribution in [0.15, 0.2) is 12.1 Å². The number of carbonyl (C=O) groups is 1. The van der Waals surface area contributed by atoms with Gasteiger partial charge < -0.3 is 10.0 Å². The minimum Gasteiger partial charge on any atom is -0.480 e. The molecule has 0 unspecified atom stereocenters. The summed E-state index contributed by atoms with van der Waals surface area (Å²) in [6.45, 7) is 2.44. The van der Waals surface area contributed by atoms with Crippen molar-refractivity contribution in [2.24, 2.45) is 5.92 Å². The number of anilines is 1. The number of hydrogen-bond acceptors (Lipinski definition) is 4. The normalized spacial score (nSPS) is 14.0. The predicted molar refractivity (Wildman–Crippen MR) is 66.3 cm³/mol. The van der Waals surface area contributed by atoms with E-state index in [0.717, 1.165) is 18.5 Å². The number of aliphatic carboxylic acids is 1. The molecule has 0 amide bonds. The maximum absolute atomic E-state index is 10.9. The van der Waals surface area contributed by atoms with Gasteiger partial charge in [-0.05, 0) is 37.8 Å². The maximum Gasteiger partial charge on any atom is 0.323 e. The van der Waals surface area contributed by atoms with Gasteiger partial charge in [-0.3, -0.25) is 4.79 Å². The number of carboxylic acid groups (broad SMARTS) is 1. The Morgan fingerprint density at radius 1 is 1.61 bits per heavy atom. The molecule has 2 rings (SSSR count). The Balaban J connectivity index is 2.25. The molecule has 0 radical (unpaired) electrons. The molecule has 1 saturated carbocycles. The van der Waals surface area contributed by atoms with Crippen LogP contribution in [0.3, 0.4) is 0 Å². The van der Waals surface area contributed by atoms with Crippen molar-refractivity contribution in [1.82, 2.24) is 4.98 Å². The molecule has 1 heterocycles. The molecule has 1 N–H and O–H groups in total. The first-order valence-electron chi connectivity index (χ1n) is 5.94. The van der Waals surface area contributed by atoms with Crippen molar-refractivity contribution in [2.75, 3.05) is 18.0 Å². The van der Waals surface area contributed by atoms with E-state index in [1.807, 2.05) is 0 Å². The molecule has 5 heteroatoms. The van der Waals surface area contributed by atoms with Crippen LogP contribution >= 0.6 is 0 Å². The fourth-order valence-electron chi connectivity index (χ4n) is 1.89. The second-order valence-electron chi connectivity index (χ2n) is 4.68. The van der Waals surface area contributed by atoms with Crippen molar-refractivity contribution in [3.8, 4) is 6.07 Å². The largest absolute Gasteiger partial charge is 0.480 e. The third-order valence-electron chi connectivity index (χ3n) is 2.89. The number of pyridine rings is 1. The summed E-state index contributed by atoms with van der Waals surface area (Å²) >= 11 is 0. The quantitative estimate of drug-likeness (QED) is 0.851. The zero-order valence-corrected chi connectivity index (χ0v) is 10.3. The molecular formula is C13H15N3O2. The van der Waals surface area contributed by atoms with Gasteiger partial charge in [0.05, 0.1) is 11.6 Å². The maximum atomic E-state index is 10.9. The summed E-state index contributed by atoms with van der Waals surface area (Å²) < 4.78 is 0. The lowest BCUT2D eigenvalue weighted by molar-refractivity contribution is -0.135. The van der Waals surface area contributed by atoms with Gasteiger partial charge in [0.25, 0.3) is 0 Å². The summed E-state index contributed by atoms with van der Waals surface area (Å²) in [5, 5.41) is 17.9. The Hall–Kier alpha value is -2.09. The minimum absolute atomic E-state index is 0.0716. The fourth-order valence-corrected chi connectivity index (χ4v) is 1.89. The molecule has 0 aliphatic heterocycles. The van der Waals surface area contributed by atoms with Crippen molar-refractivity contribution in [3.63, 3.8) is 0 Å². The van der Waals surface area contributed by atoms with Crippen LogP contribution < -0.4 is 4.90 Å². The topological polar surface area (TPSA) is 77.2 Å². The summed E-state index contributed by atoms with van der Waals surface area (Å²) in [5.41, 5.74) is 1.25. The van der Waals surface area contributed by atoms with Gasteiger partial charge in [0.1, 0.15) is 12.4 Å². The summed E-state index contributed by atoms with van der Waals surface area (Å²) in [4.78, 5) is 17.0. The van der Waals surface area contributed by atoms with E-state index >= 15 is 0 Å². The van der Waals surface area contributed by atoms with E-state index in [9.17, 15) is 4.79 Å². The Labute approximate surface area is 106 Å². The van der Waals surface area contributed by atoms with Gasteiger partial charge in [-0.25, -0.2) is 4.98 Å². The standard InChI is InChI=1S/C13H15N3O2/c1-9-4-11(6-14)5-12(15-9)16(8-13(17)18)7-10-2-3-10/h4-5,10H,2-3,7-8H2,1H3,(H,17,18). The van der Waals surface area contributed by atoms with Gasteiger partial charge in [0, 0.05) is 12.2 Å². The highest BCUT2D eigenvalue weighted by atomic mass is 16.4. The molecule has 1 aromatic rings. The minimum atomic E-state index is -0.877. The van der Waals surface area contributed by atoms with Crippen molar-refractivity contribution in [2.45, 2.75) is 19.8 Å². The van der Waals surface area contributed by atoms with Crippen LogP contribution in [0.1, 0.15) is 24.1 Å². The molecule has 18 heavy (non-hydrogen) atoms. The first-order chi connectivity index (χ1) is 8.58. The molecule has 0 spiro atoms. The fraction of sp³-hybridized carbons (Fsp3) is 0.462. The summed E-state index contributed by atoms with van der Waals surface area (Å²) in [6.07, 6.45) is 2.29. The predicted octanol–water partition coefficient (Wildman–Crippen LogP) is 1.56. The van der Waals surface area contributed by atoms with E-state index in [1.165, 1.54) is 0 Å². The van der Waals surface area contributed by atoms with Crippen LogP contribution in [-0.2, 0) is 4.79 Å². The smallest absolute Gasteiger partial charge is 0.323 e. The van der Waals surface area contributed by atoms with Gasteiger partial charge in [-0.2, -0.15) is 5.26 Å². The van der Waals surface area contributed by atoms with Gasteiger partial charge >= 0.3 is 5.97 Å². The molecule has 94 valence electrons. The SMILES string of the molecule is Cc1cc(C#N)cc(N(CC(=O)O)CC2CC2)n1. The van der Waals surface area contributed by atoms with Crippen molar-refractivity contribution in [1.29, 1.82) is 5.26 Å². The summed E-state index contributed by atoms with van der Waals surface area (Å²) in [7, 11) is 0. The number of nitrogens with zero attached hydrogens (tertiary/aromatic N) is 3. The number of hydrogen-bond donors (Lipinski definition) is 1. The van der Waals surface area contributed by atoms with Gasteiger partial charge in [-0.1, -0.05) is 0 Å². The average Bonchev–Trinajstić information content (AvgIpc) is 3.10. The van der Waals surface area contributed by atoms with E-state index in [4.69, 9.17) is 10.4 Å². The van der Waals surface area contributed by atoms with Crippen LogP contribution in [0, 0.1) is 24.2 Å². The first kappa shape index (κ1) is 12.4. The van der Waals surface area contributed by atoms with Crippen molar-refractivity contribution >= 4 is 11.8 Å². The lowest BCUT2D eigenvalue weighted by Crippen LogP contribution is -2.32. The molecule has 0 bridgehead atoms. The third kappa shape index (κ3) is 3.20. The Morgan fingerprint density at radius 3 is 2.89 bits per heavy atom. The van der Waals surface area contributed by atoms with Crippen LogP contribution in [0.5, 0.6) is 0 Å². The van der Waals surface area contributed by atoms with Crippen LogP contribution in [0.4, 0.5) is 5.82 Å². The van der Waals surface area contributed by atoms with E-state index in [0.29, 0.717) is 23.8 Å². The van der Waals surface area contributed by atoms with Gasteiger partial charge in [0.2, 0.25) is 0 Å². The number of carboxylic acids is 1.